The lowest BCUT2D eigenvalue weighted by molar-refractivity contribution is 0.539. The summed E-state index contributed by atoms with van der Waals surface area (Å²) >= 11 is 1.64. The summed E-state index contributed by atoms with van der Waals surface area (Å²) in [5, 5.41) is 4.06. The molecule has 0 amide bonds. The van der Waals surface area contributed by atoms with Crippen LogP contribution < -0.4 is 5.32 Å². The number of aromatic nitrogens is 2. The summed E-state index contributed by atoms with van der Waals surface area (Å²) < 4.78 is 0. The van der Waals surface area contributed by atoms with Gasteiger partial charge >= 0.3 is 0 Å². The molecule has 0 atom stereocenters. The molecule has 0 aliphatic carbocycles. The van der Waals surface area contributed by atoms with E-state index >= 15 is 0 Å². The summed E-state index contributed by atoms with van der Waals surface area (Å²) in [5.41, 5.74) is -0.00264. The van der Waals surface area contributed by atoms with Gasteiger partial charge < -0.3 is 5.32 Å². The van der Waals surface area contributed by atoms with E-state index in [1.54, 1.807) is 11.8 Å². The molecule has 1 rings (SSSR count). The minimum absolute atomic E-state index is 0.00264. The molecule has 78 valence electrons. The van der Waals surface area contributed by atoms with Crippen molar-refractivity contribution in [3.8, 4) is 0 Å². The van der Waals surface area contributed by atoms with E-state index in [9.17, 15) is 0 Å². The predicted molar refractivity (Wildman–Crippen MR) is 62.1 cm³/mol. The number of hydrogen-bond acceptors (Lipinski definition) is 4. The molecule has 0 bridgehead atoms. The van der Waals surface area contributed by atoms with Crippen LogP contribution in [0, 0.1) is 0 Å². The van der Waals surface area contributed by atoms with Gasteiger partial charge in [0.15, 0.2) is 0 Å². The first-order valence-electron chi connectivity index (χ1n) is 4.58. The summed E-state index contributed by atoms with van der Waals surface area (Å²) in [4.78, 5) is 8.92. The average molecular weight is 211 g/mol. The van der Waals surface area contributed by atoms with Gasteiger partial charge in [-0.25, -0.2) is 9.97 Å². The number of nitrogens with zero attached hydrogens (tertiary/aromatic N) is 2. The lowest BCUT2D eigenvalue weighted by Crippen LogP contribution is -2.17. The maximum absolute atomic E-state index is 4.48. The summed E-state index contributed by atoms with van der Waals surface area (Å²) in [6.07, 6.45) is 2.02. The molecule has 1 aromatic heterocycles. The Hall–Kier alpha value is -0.770. The highest BCUT2D eigenvalue weighted by atomic mass is 32.2. The van der Waals surface area contributed by atoms with Crippen LogP contribution in [-0.2, 0) is 5.41 Å². The standard InChI is InChI=1S/C10H17N3S/c1-10(2,3)9-12-7(11-4)6-8(13-9)14-5/h6H,1-5H3,(H,11,12,13). The van der Waals surface area contributed by atoms with Crippen molar-refractivity contribution in [3.63, 3.8) is 0 Å². The first kappa shape index (κ1) is 11.3. The Labute approximate surface area is 89.7 Å². The van der Waals surface area contributed by atoms with E-state index < -0.39 is 0 Å². The van der Waals surface area contributed by atoms with Crippen LogP contribution in [0.4, 0.5) is 5.82 Å². The van der Waals surface area contributed by atoms with Crippen molar-refractivity contribution in [2.75, 3.05) is 18.6 Å². The van der Waals surface area contributed by atoms with E-state index in [4.69, 9.17) is 0 Å². The van der Waals surface area contributed by atoms with Gasteiger partial charge in [-0.2, -0.15) is 0 Å². The number of thioether (sulfide) groups is 1. The number of rotatable bonds is 2. The van der Waals surface area contributed by atoms with Crippen molar-refractivity contribution >= 4 is 17.6 Å². The van der Waals surface area contributed by atoms with Crippen LogP contribution in [0.3, 0.4) is 0 Å². The second kappa shape index (κ2) is 4.17. The van der Waals surface area contributed by atoms with Crippen LogP contribution in [0.15, 0.2) is 11.1 Å². The molecular formula is C10H17N3S. The van der Waals surface area contributed by atoms with Gasteiger partial charge in [0.05, 0.1) is 0 Å². The molecule has 0 saturated heterocycles. The van der Waals surface area contributed by atoms with E-state index in [2.05, 4.69) is 36.1 Å². The first-order chi connectivity index (χ1) is 6.47. The SMILES string of the molecule is CNc1cc(SC)nc(C(C)(C)C)n1. The zero-order valence-corrected chi connectivity index (χ0v) is 10.2. The quantitative estimate of drug-likeness (QED) is 0.602. The van der Waals surface area contributed by atoms with E-state index in [0.29, 0.717) is 0 Å². The molecule has 0 aromatic carbocycles. The van der Waals surface area contributed by atoms with Crippen molar-refractivity contribution in [2.45, 2.75) is 31.2 Å². The van der Waals surface area contributed by atoms with Gasteiger partial charge in [0.1, 0.15) is 16.7 Å². The minimum Gasteiger partial charge on any atom is -0.373 e. The molecule has 0 saturated carbocycles. The Balaban J connectivity index is 3.17. The summed E-state index contributed by atoms with van der Waals surface area (Å²) in [7, 11) is 1.87. The van der Waals surface area contributed by atoms with E-state index in [1.807, 2.05) is 19.4 Å². The van der Waals surface area contributed by atoms with Crippen molar-refractivity contribution < 1.29 is 0 Å². The van der Waals surface area contributed by atoms with Gasteiger partial charge in [-0.05, 0) is 6.26 Å². The Bertz CT molecular complexity index is 295. The van der Waals surface area contributed by atoms with Crippen LogP contribution >= 0.6 is 11.8 Å². The Morgan fingerprint density at radius 1 is 1.29 bits per heavy atom. The second-order valence-corrected chi connectivity index (χ2v) is 4.95. The zero-order valence-electron chi connectivity index (χ0n) is 9.38. The fourth-order valence-electron chi connectivity index (χ4n) is 0.993. The third-order valence-electron chi connectivity index (χ3n) is 1.84. The van der Waals surface area contributed by atoms with Crippen molar-refractivity contribution in [1.29, 1.82) is 0 Å². The maximum Gasteiger partial charge on any atom is 0.137 e. The second-order valence-electron chi connectivity index (χ2n) is 4.12. The van der Waals surface area contributed by atoms with Gasteiger partial charge in [-0.3, -0.25) is 0 Å². The van der Waals surface area contributed by atoms with Gasteiger partial charge in [-0.1, -0.05) is 20.8 Å². The minimum atomic E-state index is -0.00264. The number of nitrogens with one attached hydrogen (secondary N) is 1. The molecule has 0 radical (unpaired) electrons. The monoisotopic (exact) mass is 211 g/mol. The predicted octanol–water partition coefficient (Wildman–Crippen LogP) is 2.54. The largest absolute Gasteiger partial charge is 0.373 e. The van der Waals surface area contributed by atoms with Crippen molar-refractivity contribution in [3.05, 3.63) is 11.9 Å². The fraction of sp³-hybridized carbons (Fsp3) is 0.600. The summed E-state index contributed by atoms with van der Waals surface area (Å²) in [6, 6.07) is 1.96. The Kier molecular flexibility index (Phi) is 3.37. The van der Waals surface area contributed by atoms with Gasteiger partial charge in [-0.15, -0.1) is 11.8 Å². The van der Waals surface area contributed by atoms with Crippen LogP contribution in [0.5, 0.6) is 0 Å². The molecule has 1 heterocycles. The van der Waals surface area contributed by atoms with Crippen LogP contribution in [0.1, 0.15) is 26.6 Å². The van der Waals surface area contributed by atoms with Crippen LogP contribution in [0.2, 0.25) is 0 Å². The average Bonchev–Trinajstić information content (AvgIpc) is 2.15. The van der Waals surface area contributed by atoms with Crippen LogP contribution in [-0.4, -0.2) is 23.3 Å². The Morgan fingerprint density at radius 3 is 2.36 bits per heavy atom. The smallest absolute Gasteiger partial charge is 0.137 e. The Morgan fingerprint density at radius 2 is 1.93 bits per heavy atom. The van der Waals surface area contributed by atoms with Gasteiger partial charge in [0.25, 0.3) is 0 Å². The summed E-state index contributed by atoms with van der Waals surface area (Å²) in [6.45, 7) is 6.35. The lowest BCUT2D eigenvalue weighted by Gasteiger charge is -2.17. The third-order valence-corrected chi connectivity index (χ3v) is 2.47. The molecule has 14 heavy (non-hydrogen) atoms. The molecular weight excluding hydrogens is 194 g/mol. The highest BCUT2D eigenvalue weighted by molar-refractivity contribution is 7.98. The molecule has 0 aliphatic rings. The molecule has 0 fully saturated rings. The lowest BCUT2D eigenvalue weighted by atomic mass is 9.96. The normalized spacial score (nSPS) is 11.5. The molecule has 0 aliphatic heterocycles. The molecule has 3 nitrogen and oxygen atoms in total. The molecule has 1 N–H and O–H groups in total. The third kappa shape index (κ3) is 2.61. The van der Waals surface area contributed by atoms with E-state index in [1.165, 1.54) is 0 Å². The maximum atomic E-state index is 4.48. The van der Waals surface area contributed by atoms with Crippen molar-refractivity contribution in [1.82, 2.24) is 9.97 Å². The fourth-order valence-corrected chi connectivity index (χ4v) is 1.40. The van der Waals surface area contributed by atoms with Crippen molar-refractivity contribution in [2.24, 2.45) is 0 Å². The highest BCUT2D eigenvalue weighted by Crippen LogP contribution is 2.23. The number of anilines is 1. The first-order valence-corrected chi connectivity index (χ1v) is 5.81. The van der Waals surface area contributed by atoms with E-state index in [0.717, 1.165) is 16.7 Å². The highest BCUT2D eigenvalue weighted by Gasteiger charge is 2.18. The topological polar surface area (TPSA) is 37.8 Å². The zero-order chi connectivity index (χ0) is 10.8. The molecule has 0 unspecified atom stereocenters. The molecule has 0 spiro atoms. The van der Waals surface area contributed by atoms with E-state index in [-0.39, 0.29) is 5.41 Å². The van der Waals surface area contributed by atoms with Gasteiger partial charge in [0.2, 0.25) is 0 Å². The number of hydrogen-bond donors (Lipinski definition) is 1. The van der Waals surface area contributed by atoms with Gasteiger partial charge in [0, 0.05) is 18.5 Å². The summed E-state index contributed by atoms with van der Waals surface area (Å²) in [5.74, 6) is 1.77. The molecule has 4 heteroatoms. The van der Waals surface area contributed by atoms with Crippen LogP contribution in [0.25, 0.3) is 0 Å². The molecule has 1 aromatic rings.